The van der Waals surface area contributed by atoms with Crippen molar-refractivity contribution >= 4 is 73.4 Å². The van der Waals surface area contributed by atoms with E-state index in [4.69, 9.17) is 50.7 Å². The topological polar surface area (TPSA) is 343 Å². The third-order valence-electron chi connectivity index (χ3n) is 8.62. The molecule has 1 unspecified atom stereocenters. The molecule has 5 atom stereocenters. The van der Waals surface area contributed by atoms with Gasteiger partial charge in [0.1, 0.15) is 60.7 Å². The van der Waals surface area contributed by atoms with Gasteiger partial charge in [0.15, 0.2) is 22.9 Å². The third-order valence-corrected chi connectivity index (χ3v) is 10.4. The molecule has 0 amide bonds. The molecule has 2 aliphatic carbocycles. The van der Waals surface area contributed by atoms with Crippen LogP contribution in [0.4, 0.5) is 16.4 Å². The van der Waals surface area contributed by atoms with E-state index in [0.717, 1.165) is 32.1 Å². The smallest absolute Gasteiger partial charge is 0.350 e. The second-order valence-corrected chi connectivity index (χ2v) is 17.4. The van der Waals surface area contributed by atoms with Gasteiger partial charge in [-0.25, -0.2) is 35.0 Å². The van der Waals surface area contributed by atoms with Crippen LogP contribution in [0.25, 0.3) is 22.3 Å². The number of anilines is 2. The number of fused-ring (bicyclic) bond motifs is 2. The predicted octanol–water partition coefficient (Wildman–Crippen LogP) is 1.98. The maximum atomic E-state index is 12.3. The van der Waals surface area contributed by atoms with Gasteiger partial charge in [-0.1, -0.05) is 0 Å². The molecule has 10 N–H and O–H groups in total. The third kappa shape index (κ3) is 17.2. The number of nitrogens with one attached hydrogen (secondary N) is 1. The summed E-state index contributed by atoms with van der Waals surface area (Å²) in [6, 6.07) is -1.37. The first kappa shape index (κ1) is 52.8. The Morgan fingerprint density at radius 1 is 0.800 bits per heavy atom. The number of halogens is 2. The van der Waals surface area contributed by atoms with Gasteiger partial charge in [-0.15, -0.1) is 12.4 Å². The Bertz CT molecular complexity index is 2070. The van der Waals surface area contributed by atoms with E-state index in [1.54, 1.807) is 36.2 Å². The van der Waals surface area contributed by atoms with Crippen molar-refractivity contribution in [3.05, 3.63) is 25.3 Å². The molecular formula is C32H54ClFN12O11P2V. The molecule has 60 heavy (non-hydrogen) atoms. The molecule has 28 heteroatoms. The molecular weight excluding hydrogens is 896 g/mol. The quantitative estimate of drug-likeness (QED) is 0.0623. The summed E-state index contributed by atoms with van der Waals surface area (Å²) in [5, 5.41) is 2.42. The summed E-state index contributed by atoms with van der Waals surface area (Å²) in [7, 11) is -8.04. The number of esters is 2. The summed E-state index contributed by atoms with van der Waals surface area (Å²) in [5.41, 5.74) is 18.8. The fourth-order valence-electron chi connectivity index (χ4n) is 5.08. The summed E-state index contributed by atoms with van der Waals surface area (Å²) < 4.78 is 60.2. The fourth-order valence-corrected chi connectivity index (χ4v) is 6.77. The predicted molar refractivity (Wildman–Crippen MR) is 216 cm³/mol. The van der Waals surface area contributed by atoms with Crippen molar-refractivity contribution in [2.45, 2.75) is 116 Å². The number of hydrogen-bond donors (Lipinski definition) is 7. The van der Waals surface area contributed by atoms with Crippen LogP contribution in [-0.4, -0.2) is 116 Å². The van der Waals surface area contributed by atoms with Gasteiger partial charge in [-0.3, -0.25) is 23.4 Å². The van der Waals surface area contributed by atoms with Gasteiger partial charge in [0.05, 0.1) is 38.0 Å². The van der Waals surface area contributed by atoms with Crippen LogP contribution in [-0.2, 0) is 69.3 Å². The van der Waals surface area contributed by atoms with E-state index < -0.39 is 58.1 Å². The molecule has 6 rings (SSSR count). The van der Waals surface area contributed by atoms with Gasteiger partial charge in [-0.05, 0) is 66.2 Å². The second-order valence-electron chi connectivity index (χ2n) is 13.9. The van der Waals surface area contributed by atoms with Crippen molar-refractivity contribution in [1.82, 2.24) is 44.1 Å². The summed E-state index contributed by atoms with van der Waals surface area (Å²) in [4.78, 5) is 74.4. The van der Waals surface area contributed by atoms with E-state index in [1.165, 1.54) is 32.3 Å². The molecule has 2 saturated carbocycles. The number of nitrogens with two attached hydrogens (primary N) is 3. The van der Waals surface area contributed by atoms with Crippen LogP contribution in [0.5, 0.6) is 0 Å². The van der Waals surface area contributed by atoms with Crippen LogP contribution in [0.2, 0.25) is 0 Å². The molecule has 337 valence electrons. The van der Waals surface area contributed by atoms with E-state index in [9.17, 15) is 23.6 Å². The van der Waals surface area contributed by atoms with Gasteiger partial charge in [0.2, 0.25) is 0 Å². The number of hydrogen-bond acceptors (Lipinski definition) is 17. The molecule has 0 aromatic carbocycles. The van der Waals surface area contributed by atoms with Gasteiger partial charge >= 0.3 is 19.5 Å². The van der Waals surface area contributed by atoms with Crippen molar-refractivity contribution < 1.29 is 75.6 Å². The summed E-state index contributed by atoms with van der Waals surface area (Å²) in [5.74, 6) is -0.240. The minimum absolute atomic E-state index is 0. The van der Waals surface area contributed by atoms with Crippen molar-refractivity contribution in [2.24, 2.45) is 5.73 Å². The van der Waals surface area contributed by atoms with E-state index in [1.807, 2.05) is 0 Å². The molecule has 2 fully saturated rings. The van der Waals surface area contributed by atoms with E-state index in [-0.39, 0.29) is 60.8 Å². The Labute approximate surface area is 364 Å². The minimum Gasteiger partial charge on any atom is -0.461 e. The summed E-state index contributed by atoms with van der Waals surface area (Å²) in [6.07, 6.45) is 9.91. The average molecular weight is 952 g/mol. The Morgan fingerprint density at radius 2 is 1.22 bits per heavy atom. The number of carbonyl (C=O) groups excluding carboxylic acids is 2. The standard InChI is InChI=1S/C16H25N6O5P.C9H14N5O4P.C7H13NO2.ClH.FH.V/c1-10(6-22-8-20-13-14(17)18-7-19-15(13)22)26-9-28(24,25)21-11(2)16(23)27-12-4-3-5-12;1-6(18-5-19(15,16)17)2-14-4-13-7-8(10)11-3-12-9(7)14;1-5(8)7(9)10-6-3-2-4-6;;;/h7-8,10-12H,3-6,9H2,1-2H3,(H2,17,18,19)(H2,21,24,25);3-4,6H,2,5H2,1H3,(H2,10,11,12)(H2,15,16,17);5-6H,2-4,8H2,1H3;2*1H;/t10-,11+;6-;5-;;;/m110.../s1/i/hT. The average Bonchev–Trinajstić information content (AvgIpc) is 3.75. The normalized spacial score (nSPS) is 16.9. The van der Waals surface area contributed by atoms with E-state index in [2.05, 4.69) is 36.4 Å². The first-order valence-corrected chi connectivity index (χ1v) is 21.8. The maximum absolute atomic E-state index is 12.3. The zero-order valence-corrected chi connectivity index (χ0v) is 37.4. The molecule has 23 nitrogen and oxygen atoms in total. The molecule has 4 heterocycles. The Kier molecular flexibility index (Phi) is 21.9. The van der Waals surface area contributed by atoms with Crippen LogP contribution >= 0.6 is 27.5 Å². The van der Waals surface area contributed by atoms with Gasteiger partial charge in [0.25, 0.3) is 8.97 Å². The number of nitrogen functional groups attached to an aromatic ring is 2. The zero-order chi connectivity index (χ0) is 43.9. The zero-order valence-electron chi connectivity index (χ0n) is 34.4. The molecule has 4 aromatic rings. The number of aromatic nitrogens is 8. The van der Waals surface area contributed by atoms with Crippen LogP contribution in [0.3, 0.4) is 0 Å². The number of rotatable bonds is 16. The number of carbonyl (C=O) groups is 2. The van der Waals surface area contributed by atoms with Gasteiger partial charge in [-0.2, -0.15) is 0 Å². The first-order chi connectivity index (χ1) is 27.8. The minimum atomic E-state index is -4.16. The van der Waals surface area contributed by atoms with Gasteiger partial charge < -0.3 is 60.0 Å². The number of nitrogens with zero attached hydrogens (tertiary/aromatic N) is 8. The SMILES string of the molecule is C[C@H](Cn1cnc2c(N)ncnc21)OCP(=O)(O)N[C@@H](C)C(=O)OC1CCC1.C[C@H](Cn1cnc2c(N)ncnc21)OCP(=O)(O)O.C[C@H](N)C(=O)OC1CCC1.Cl.[3H]F.[V]. The number of ether oxygens (including phenoxy) is 4. The fraction of sp³-hybridized carbons (Fsp3) is 0.625. The molecule has 2 aliphatic rings. The van der Waals surface area contributed by atoms with Crippen LogP contribution in [0, 0.1) is 0 Å². The summed E-state index contributed by atoms with van der Waals surface area (Å²) in [6.45, 7) is 7.30. The second kappa shape index (κ2) is 24.9. The van der Waals surface area contributed by atoms with Crippen LogP contribution in [0.15, 0.2) is 25.3 Å². The maximum Gasteiger partial charge on any atom is 0.350 e. The largest absolute Gasteiger partial charge is 0.461 e. The Hall–Kier alpha value is -3.38. The molecule has 4 aromatic heterocycles. The van der Waals surface area contributed by atoms with Crippen molar-refractivity contribution in [3.8, 4) is 0 Å². The van der Waals surface area contributed by atoms with Gasteiger partial charge in [0, 0.05) is 18.6 Å². The molecule has 0 aliphatic heterocycles. The van der Waals surface area contributed by atoms with Crippen LogP contribution < -0.4 is 22.3 Å². The molecule has 0 spiro atoms. The summed E-state index contributed by atoms with van der Waals surface area (Å²) >= 11 is 0. The van der Waals surface area contributed by atoms with Crippen LogP contribution in [0.1, 0.15) is 66.2 Å². The molecule has 1 radical (unpaired) electrons. The van der Waals surface area contributed by atoms with E-state index in [0.29, 0.717) is 35.4 Å². The van der Waals surface area contributed by atoms with Crippen molar-refractivity contribution in [2.75, 3.05) is 24.2 Å². The Morgan fingerprint density at radius 3 is 1.60 bits per heavy atom. The van der Waals surface area contributed by atoms with E-state index >= 15 is 0 Å². The number of imidazole rings is 2. The van der Waals surface area contributed by atoms with Crippen molar-refractivity contribution in [3.63, 3.8) is 0 Å². The Balaban J connectivity index is 0.000000487. The first-order valence-electron chi connectivity index (χ1n) is 18.6. The van der Waals surface area contributed by atoms with Crippen molar-refractivity contribution in [1.29, 1.82) is 1.45 Å². The monoisotopic (exact) mass is 951 g/mol. The molecule has 0 saturated heterocycles. The molecule has 0 bridgehead atoms.